The number of rotatable bonds is 2. The van der Waals surface area contributed by atoms with E-state index in [1.54, 1.807) is 18.3 Å². The van der Waals surface area contributed by atoms with Gasteiger partial charge in [-0.3, -0.25) is 14.3 Å². The summed E-state index contributed by atoms with van der Waals surface area (Å²) in [7, 11) is 0. The number of aromatic nitrogens is 3. The van der Waals surface area contributed by atoms with Crippen molar-refractivity contribution in [1.82, 2.24) is 14.5 Å². The number of aromatic amines is 1. The van der Waals surface area contributed by atoms with Crippen molar-refractivity contribution >= 4 is 22.6 Å². The largest absolute Gasteiger partial charge is 0.330 e. The molecule has 0 aliphatic heterocycles. The van der Waals surface area contributed by atoms with Crippen molar-refractivity contribution in [2.75, 3.05) is 0 Å². The minimum Gasteiger partial charge on any atom is -0.275 e. The van der Waals surface area contributed by atoms with Crippen molar-refractivity contribution in [2.45, 2.75) is 19.9 Å². The first kappa shape index (κ1) is 14.5. The number of hydrogen-bond donors (Lipinski definition) is 1. The number of pyridine rings is 1. The summed E-state index contributed by atoms with van der Waals surface area (Å²) in [6.07, 6.45) is 1.58. The lowest BCUT2D eigenvalue weighted by Crippen LogP contribution is -2.32. The number of hydrogen-bond acceptors (Lipinski definition) is 3. The van der Waals surface area contributed by atoms with Crippen LogP contribution in [0.1, 0.15) is 19.9 Å². The first-order valence-electron chi connectivity index (χ1n) is 6.89. The third-order valence-electron chi connectivity index (χ3n) is 3.51. The molecule has 0 radical (unpaired) electrons. The Morgan fingerprint density at radius 3 is 2.55 bits per heavy atom. The maximum absolute atomic E-state index is 12.3. The molecule has 0 amide bonds. The minimum absolute atomic E-state index is 0.124. The van der Waals surface area contributed by atoms with Crippen LogP contribution in [0.25, 0.3) is 22.2 Å². The van der Waals surface area contributed by atoms with Gasteiger partial charge in [-0.05, 0) is 26.0 Å². The standard InChI is InChI=1S/C16H14ClN3O2/c1-9(2)20-14-13(15(21)19-16(20)22)11(7-8-18-14)10-5-3-4-6-12(10)17/h3-9H,1-2H3,(H,19,21,22). The molecule has 6 heteroatoms. The lowest BCUT2D eigenvalue weighted by atomic mass is 10.0. The molecular weight excluding hydrogens is 302 g/mol. The summed E-state index contributed by atoms with van der Waals surface area (Å²) in [6, 6.07) is 8.87. The molecule has 0 bridgehead atoms. The molecule has 0 atom stereocenters. The van der Waals surface area contributed by atoms with E-state index in [0.717, 1.165) is 5.56 Å². The van der Waals surface area contributed by atoms with Gasteiger partial charge in [0.05, 0.1) is 5.39 Å². The summed E-state index contributed by atoms with van der Waals surface area (Å²) in [5, 5.41) is 0.903. The number of H-pyrrole nitrogens is 1. The normalized spacial score (nSPS) is 11.3. The van der Waals surface area contributed by atoms with Gasteiger partial charge in [0.15, 0.2) is 0 Å². The first-order chi connectivity index (χ1) is 10.5. The quantitative estimate of drug-likeness (QED) is 0.790. The number of nitrogens with zero attached hydrogens (tertiary/aromatic N) is 2. The number of benzene rings is 1. The Kier molecular flexibility index (Phi) is 3.58. The molecule has 0 spiro atoms. The summed E-state index contributed by atoms with van der Waals surface area (Å²) < 4.78 is 1.47. The van der Waals surface area contributed by atoms with Crippen LogP contribution in [0.2, 0.25) is 5.02 Å². The van der Waals surface area contributed by atoms with Crippen LogP contribution < -0.4 is 11.2 Å². The van der Waals surface area contributed by atoms with Crippen LogP contribution in [-0.4, -0.2) is 14.5 Å². The predicted octanol–water partition coefficient (Wildman–Crippen LogP) is 2.99. The lowest BCUT2D eigenvalue weighted by molar-refractivity contribution is 0.579. The van der Waals surface area contributed by atoms with Gasteiger partial charge in [-0.25, -0.2) is 9.78 Å². The molecular formula is C16H14ClN3O2. The van der Waals surface area contributed by atoms with E-state index in [-0.39, 0.29) is 6.04 Å². The zero-order valence-corrected chi connectivity index (χ0v) is 12.9. The molecule has 3 rings (SSSR count). The second kappa shape index (κ2) is 5.42. The van der Waals surface area contributed by atoms with E-state index >= 15 is 0 Å². The van der Waals surface area contributed by atoms with Gasteiger partial charge >= 0.3 is 5.69 Å². The van der Waals surface area contributed by atoms with Gasteiger partial charge in [0.25, 0.3) is 5.56 Å². The van der Waals surface area contributed by atoms with Gasteiger partial charge in [-0.1, -0.05) is 29.8 Å². The van der Waals surface area contributed by atoms with E-state index in [2.05, 4.69) is 9.97 Å². The van der Waals surface area contributed by atoms with Crippen LogP contribution in [0.3, 0.4) is 0 Å². The highest BCUT2D eigenvalue weighted by molar-refractivity contribution is 6.33. The topological polar surface area (TPSA) is 67.8 Å². The van der Waals surface area contributed by atoms with E-state index in [0.29, 0.717) is 21.6 Å². The highest BCUT2D eigenvalue weighted by Gasteiger charge is 2.16. The Labute approximate surface area is 131 Å². The molecule has 0 saturated heterocycles. The molecule has 0 aliphatic carbocycles. The van der Waals surface area contributed by atoms with E-state index in [9.17, 15) is 9.59 Å². The molecule has 2 aromatic heterocycles. The Hall–Kier alpha value is -2.40. The van der Waals surface area contributed by atoms with Crippen molar-refractivity contribution in [3.05, 3.63) is 62.4 Å². The van der Waals surface area contributed by atoms with Crippen LogP contribution in [0.5, 0.6) is 0 Å². The van der Waals surface area contributed by atoms with E-state index in [1.165, 1.54) is 4.57 Å². The molecule has 0 aliphatic rings. The summed E-state index contributed by atoms with van der Waals surface area (Å²) >= 11 is 6.24. The molecule has 0 fully saturated rings. The summed E-state index contributed by atoms with van der Waals surface area (Å²) in [4.78, 5) is 31.0. The predicted molar refractivity (Wildman–Crippen MR) is 87.5 cm³/mol. The average molecular weight is 316 g/mol. The van der Waals surface area contributed by atoms with Crippen LogP contribution in [0.4, 0.5) is 0 Å². The van der Waals surface area contributed by atoms with Crippen molar-refractivity contribution < 1.29 is 0 Å². The first-order valence-corrected chi connectivity index (χ1v) is 7.27. The fraction of sp³-hybridized carbons (Fsp3) is 0.188. The summed E-state index contributed by atoms with van der Waals surface area (Å²) in [5.74, 6) is 0. The fourth-order valence-electron chi connectivity index (χ4n) is 2.56. The van der Waals surface area contributed by atoms with Crippen LogP contribution in [0, 0.1) is 0 Å². The van der Waals surface area contributed by atoms with E-state index in [1.807, 2.05) is 32.0 Å². The molecule has 2 heterocycles. The van der Waals surface area contributed by atoms with Gasteiger partial charge in [0.1, 0.15) is 5.65 Å². The maximum atomic E-state index is 12.3. The molecule has 3 aromatic rings. The zero-order valence-electron chi connectivity index (χ0n) is 12.1. The Morgan fingerprint density at radius 2 is 1.86 bits per heavy atom. The second-order valence-corrected chi connectivity index (χ2v) is 5.67. The van der Waals surface area contributed by atoms with Gasteiger partial charge in [0, 0.05) is 28.4 Å². The van der Waals surface area contributed by atoms with Crippen LogP contribution in [0.15, 0.2) is 46.1 Å². The van der Waals surface area contributed by atoms with Crippen LogP contribution in [-0.2, 0) is 0 Å². The monoisotopic (exact) mass is 315 g/mol. The van der Waals surface area contributed by atoms with Crippen molar-refractivity contribution in [3.63, 3.8) is 0 Å². The van der Waals surface area contributed by atoms with Gasteiger partial charge in [0.2, 0.25) is 0 Å². The van der Waals surface area contributed by atoms with Crippen molar-refractivity contribution in [2.24, 2.45) is 0 Å². The minimum atomic E-state index is -0.462. The Bertz CT molecular complexity index is 973. The highest BCUT2D eigenvalue weighted by Crippen LogP contribution is 2.30. The third-order valence-corrected chi connectivity index (χ3v) is 3.84. The number of nitrogens with one attached hydrogen (secondary N) is 1. The van der Waals surface area contributed by atoms with Crippen molar-refractivity contribution in [1.29, 1.82) is 0 Å². The smallest absolute Gasteiger partial charge is 0.275 e. The van der Waals surface area contributed by atoms with Crippen molar-refractivity contribution in [3.8, 4) is 11.1 Å². The molecule has 0 unspecified atom stereocenters. The Morgan fingerprint density at radius 1 is 1.14 bits per heavy atom. The van der Waals surface area contributed by atoms with Gasteiger partial charge in [-0.15, -0.1) is 0 Å². The fourth-order valence-corrected chi connectivity index (χ4v) is 2.79. The molecule has 1 aromatic carbocycles. The second-order valence-electron chi connectivity index (χ2n) is 5.26. The van der Waals surface area contributed by atoms with Crippen LogP contribution >= 0.6 is 11.6 Å². The lowest BCUT2D eigenvalue weighted by Gasteiger charge is -2.14. The third kappa shape index (κ3) is 2.23. The average Bonchev–Trinajstić information content (AvgIpc) is 2.46. The van der Waals surface area contributed by atoms with E-state index in [4.69, 9.17) is 11.6 Å². The highest BCUT2D eigenvalue weighted by atomic mass is 35.5. The number of halogens is 1. The van der Waals surface area contributed by atoms with E-state index < -0.39 is 11.2 Å². The molecule has 5 nitrogen and oxygen atoms in total. The molecule has 0 saturated carbocycles. The zero-order chi connectivity index (χ0) is 15.9. The van der Waals surface area contributed by atoms with Gasteiger partial charge < -0.3 is 0 Å². The van der Waals surface area contributed by atoms with Gasteiger partial charge in [-0.2, -0.15) is 0 Å². The molecule has 22 heavy (non-hydrogen) atoms. The maximum Gasteiger partial charge on any atom is 0.330 e. The summed E-state index contributed by atoms with van der Waals surface area (Å²) in [5.41, 5.74) is 0.833. The molecule has 112 valence electrons. The Balaban J connectivity index is 2.50. The summed E-state index contributed by atoms with van der Waals surface area (Å²) in [6.45, 7) is 3.73. The molecule has 1 N–H and O–H groups in total. The SMILES string of the molecule is CC(C)n1c(=O)[nH]c(=O)c2c(-c3ccccc3Cl)ccnc21. The number of fused-ring (bicyclic) bond motifs is 1.